The van der Waals surface area contributed by atoms with Crippen LogP contribution in [0.15, 0.2) is 42.7 Å². The van der Waals surface area contributed by atoms with Gasteiger partial charge in [-0.15, -0.1) is 0 Å². The minimum Gasteiger partial charge on any atom is -0.493 e. The smallest absolute Gasteiger partial charge is 0.184 e. The number of ether oxygens (including phenoxy) is 3. The maximum absolute atomic E-state index is 9.82. The Labute approximate surface area is 99.4 Å². The van der Waals surface area contributed by atoms with E-state index in [4.69, 9.17) is 14.2 Å². The first-order valence-corrected chi connectivity index (χ1v) is 5.67. The highest BCUT2D eigenvalue weighted by Gasteiger charge is 2.39. The Morgan fingerprint density at radius 1 is 1.18 bits per heavy atom. The van der Waals surface area contributed by atoms with Crippen molar-refractivity contribution in [3.63, 3.8) is 0 Å². The molecule has 2 heterocycles. The van der Waals surface area contributed by atoms with Gasteiger partial charge in [0.25, 0.3) is 0 Å². The van der Waals surface area contributed by atoms with E-state index in [-0.39, 0.29) is 12.2 Å². The van der Waals surface area contributed by atoms with Gasteiger partial charge in [-0.05, 0) is 6.08 Å². The van der Waals surface area contributed by atoms with Crippen LogP contribution in [0.2, 0.25) is 0 Å². The van der Waals surface area contributed by atoms with Gasteiger partial charge in [0.2, 0.25) is 0 Å². The second kappa shape index (κ2) is 4.49. The maximum Gasteiger partial charge on any atom is 0.184 e. The minimum atomic E-state index is -0.635. The lowest BCUT2D eigenvalue weighted by Crippen LogP contribution is -2.49. The van der Waals surface area contributed by atoms with Crippen molar-refractivity contribution in [1.29, 1.82) is 0 Å². The molecule has 4 atom stereocenters. The highest BCUT2D eigenvalue weighted by molar-refractivity contribution is 5.16. The molecule has 0 saturated carbocycles. The summed E-state index contributed by atoms with van der Waals surface area (Å²) in [4.78, 5) is 0. The summed E-state index contributed by atoms with van der Waals surface area (Å²) in [7, 11) is 0. The summed E-state index contributed by atoms with van der Waals surface area (Å²) in [6.45, 7) is 0.422. The summed E-state index contributed by atoms with van der Waals surface area (Å²) in [5.41, 5.74) is 0.952. The molecule has 3 rings (SSSR count). The topological polar surface area (TPSA) is 47.9 Å². The van der Waals surface area contributed by atoms with Gasteiger partial charge in [-0.3, -0.25) is 0 Å². The lowest BCUT2D eigenvalue weighted by atomic mass is 10.0. The quantitative estimate of drug-likeness (QED) is 0.797. The maximum atomic E-state index is 9.82. The molecule has 90 valence electrons. The van der Waals surface area contributed by atoms with E-state index < -0.39 is 12.4 Å². The third-order valence-electron chi connectivity index (χ3n) is 3.00. The van der Waals surface area contributed by atoms with Gasteiger partial charge in [-0.25, -0.2) is 0 Å². The number of aliphatic hydroxyl groups is 1. The van der Waals surface area contributed by atoms with E-state index in [2.05, 4.69) is 0 Å². The van der Waals surface area contributed by atoms with E-state index in [0.29, 0.717) is 6.61 Å². The third kappa shape index (κ3) is 2.07. The molecule has 1 aromatic carbocycles. The molecule has 4 heteroatoms. The van der Waals surface area contributed by atoms with Crippen molar-refractivity contribution in [2.45, 2.75) is 24.6 Å². The molecule has 0 radical (unpaired) electrons. The Morgan fingerprint density at radius 3 is 2.82 bits per heavy atom. The van der Waals surface area contributed by atoms with Crippen LogP contribution in [0.5, 0.6) is 0 Å². The van der Waals surface area contributed by atoms with E-state index in [1.807, 2.05) is 30.3 Å². The Hall–Kier alpha value is -1.36. The van der Waals surface area contributed by atoms with Crippen molar-refractivity contribution in [2.24, 2.45) is 0 Å². The van der Waals surface area contributed by atoms with E-state index >= 15 is 0 Å². The van der Waals surface area contributed by atoms with Gasteiger partial charge in [-0.2, -0.15) is 0 Å². The molecule has 1 fully saturated rings. The van der Waals surface area contributed by atoms with Crippen molar-refractivity contribution in [3.05, 3.63) is 48.2 Å². The Balaban J connectivity index is 1.77. The van der Waals surface area contributed by atoms with Gasteiger partial charge < -0.3 is 19.3 Å². The predicted octanol–water partition coefficient (Wildman–Crippen LogP) is 1.37. The summed E-state index contributed by atoms with van der Waals surface area (Å²) in [5.74, 6) is 0. The van der Waals surface area contributed by atoms with Crippen LogP contribution in [0.4, 0.5) is 0 Å². The fourth-order valence-electron chi connectivity index (χ4n) is 2.09. The lowest BCUT2D eigenvalue weighted by molar-refractivity contribution is -0.276. The third-order valence-corrected chi connectivity index (χ3v) is 3.00. The molecule has 0 aromatic heterocycles. The van der Waals surface area contributed by atoms with Crippen molar-refractivity contribution in [2.75, 3.05) is 6.61 Å². The molecule has 0 spiro atoms. The second-order valence-corrected chi connectivity index (χ2v) is 4.17. The average molecular weight is 234 g/mol. The normalized spacial score (nSPS) is 36.1. The van der Waals surface area contributed by atoms with Gasteiger partial charge in [-0.1, -0.05) is 30.3 Å². The standard InChI is InChI=1S/C13H14O4/c14-10-6-7-15-11-8-16-13(17-12(10)11)9-4-2-1-3-5-9/h1-7,10-14H,8H2/t10-,11?,12+,13?/m1/s1. The second-order valence-electron chi connectivity index (χ2n) is 4.17. The van der Waals surface area contributed by atoms with Gasteiger partial charge in [0.15, 0.2) is 12.4 Å². The van der Waals surface area contributed by atoms with Gasteiger partial charge in [0.1, 0.15) is 12.2 Å². The molecule has 2 aliphatic rings. The molecular formula is C13H14O4. The number of aliphatic hydroxyl groups excluding tert-OH is 1. The Bertz CT molecular complexity index is 403. The molecule has 0 amide bonds. The van der Waals surface area contributed by atoms with Gasteiger partial charge in [0.05, 0.1) is 12.9 Å². The molecule has 0 bridgehead atoms. The van der Waals surface area contributed by atoms with Gasteiger partial charge >= 0.3 is 0 Å². The summed E-state index contributed by atoms with van der Waals surface area (Å²) in [6, 6.07) is 9.69. The zero-order valence-corrected chi connectivity index (χ0v) is 9.23. The molecule has 1 saturated heterocycles. The number of rotatable bonds is 1. The summed E-state index contributed by atoms with van der Waals surface area (Å²) >= 11 is 0. The van der Waals surface area contributed by atoms with Crippen molar-refractivity contribution in [1.82, 2.24) is 0 Å². The van der Waals surface area contributed by atoms with Crippen molar-refractivity contribution >= 4 is 0 Å². The zero-order chi connectivity index (χ0) is 11.7. The number of hydrogen-bond acceptors (Lipinski definition) is 4. The largest absolute Gasteiger partial charge is 0.493 e. The van der Waals surface area contributed by atoms with Crippen LogP contribution in [-0.2, 0) is 14.2 Å². The SMILES string of the molecule is O[C@@H]1C=COC2COC(c3ccccc3)O[C@H]21. The zero-order valence-electron chi connectivity index (χ0n) is 9.23. The molecule has 0 aliphatic carbocycles. The Morgan fingerprint density at radius 2 is 2.00 bits per heavy atom. The monoisotopic (exact) mass is 234 g/mol. The summed E-state index contributed by atoms with van der Waals surface area (Å²) in [5, 5.41) is 9.82. The van der Waals surface area contributed by atoms with E-state index in [9.17, 15) is 5.11 Å². The first-order chi connectivity index (χ1) is 8.34. The highest BCUT2D eigenvalue weighted by atomic mass is 16.7. The lowest BCUT2D eigenvalue weighted by Gasteiger charge is -2.39. The first kappa shape index (κ1) is 10.8. The van der Waals surface area contributed by atoms with E-state index in [1.165, 1.54) is 6.26 Å². The van der Waals surface area contributed by atoms with Crippen LogP contribution in [-0.4, -0.2) is 30.0 Å². The van der Waals surface area contributed by atoms with Crippen LogP contribution in [0, 0.1) is 0 Å². The van der Waals surface area contributed by atoms with Crippen molar-refractivity contribution < 1.29 is 19.3 Å². The fraction of sp³-hybridized carbons (Fsp3) is 0.385. The van der Waals surface area contributed by atoms with Crippen LogP contribution in [0.3, 0.4) is 0 Å². The Kier molecular flexibility index (Phi) is 2.84. The van der Waals surface area contributed by atoms with Gasteiger partial charge in [0, 0.05) is 5.56 Å². The highest BCUT2D eigenvalue weighted by Crippen LogP contribution is 2.30. The molecule has 2 unspecified atom stereocenters. The molecule has 4 nitrogen and oxygen atoms in total. The van der Waals surface area contributed by atoms with E-state index in [0.717, 1.165) is 5.56 Å². The number of hydrogen-bond donors (Lipinski definition) is 1. The van der Waals surface area contributed by atoms with E-state index in [1.54, 1.807) is 6.08 Å². The number of benzene rings is 1. The molecule has 1 N–H and O–H groups in total. The average Bonchev–Trinajstić information content (AvgIpc) is 2.40. The molecule has 1 aromatic rings. The number of fused-ring (bicyclic) bond motifs is 1. The molecule has 17 heavy (non-hydrogen) atoms. The van der Waals surface area contributed by atoms with Crippen molar-refractivity contribution in [3.8, 4) is 0 Å². The summed E-state index contributed by atoms with van der Waals surface area (Å²) in [6.07, 6.45) is 1.44. The fourth-order valence-corrected chi connectivity index (χ4v) is 2.09. The van der Waals surface area contributed by atoms with Crippen LogP contribution in [0.1, 0.15) is 11.9 Å². The molecule has 2 aliphatic heterocycles. The predicted molar refractivity (Wildman–Crippen MR) is 60.0 cm³/mol. The van der Waals surface area contributed by atoms with Crippen LogP contribution < -0.4 is 0 Å². The minimum absolute atomic E-state index is 0.227. The van der Waals surface area contributed by atoms with Crippen LogP contribution >= 0.6 is 0 Å². The summed E-state index contributed by atoms with van der Waals surface area (Å²) < 4.78 is 16.7. The van der Waals surface area contributed by atoms with Crippen LogP contribution in [0.25, 0.3) is 0 Å². The molecular weight excluding hydrogens is 220 g/mol. The first-order valence-electron chi connectivity index (χ1n) is 5.67.